The van der Waals surface area contributed by atoms with E-state index in [4.69, 9.17) is 4.74 Å². The number of para-hydroxylation sites is 1. The molecule has 0 N–H and O–H groups in total. The minimum atomic E-state index is 0.0165. The van der Waals surface area contributed by atoms with Crippen molar-refractivity contribution < 1.29 is 9.53 Å². The van der Waals surface area contributed by atoms with E-state index >= 15 is 0 Å². The molecule has 7 heteroatoms. The molecule has 2 aliphatic rings. The van der Waals surface area contributed by atoms with Crippen molar-refractivity contribution in [1.82, 2.24) is 19.7 Å². The highest BCUT2D eigenvalue weighted by molar-refractivity contribution is 7.17. The molecule has 0 radical (unpaired) electrons. The van der Waals surface area contributed by atoms with Crippen LogP contribution < -0.4 is 4.74 Å². The van der Waals surface area contributed by atoms with Crippen molar-refractivity contribution >= 4 is 17.2 Å². The van der Waals surface area contributed by atoms with Gasteiger partial charge in [0.1, 0.15) is 18.2 Å². The number of rotatable bonds is 3. The summed E-state index contributed by atoms with van der Waals surface area (Å²) in [5, 5.41) is 8.69. The van der Waals surface area contributed by atoms with Crippen LogP contribution in [-0.4, -0.2) is 32.6 Å². The van der Waals surface area contributed by atoms with Crippen LogP contribution >= 0.6 is 11.3 Å². The third kappa shape index (κ3) is 2.99. The summed E-state index contributed by atoms with van der Waals surface area (Å²) in [6, 6.07) is 9.97. The van der Waals surface area contributed by atoms with E-state index < -0.39 is 0 Å². The number of benzene rings is 1. The van der Waals surface area contributed by atoms with E-state index in [0.29, 0.717) is 13.2 Å². The summed E-state index contributed by atoms with van der Waals surface area (Å²) >= 11 is 1.55. The van der Waals surface area contributed by atoms with Crippen LogP contribution in [0.5, 0.6) is 5.75 Å². The Bertz CT molecular complexity index is 1040. The quantitative estimate of drug-likeness (QED) is 0.676. The molecular formula is C21H22N4O2S. The van der Waals surface area contributed by atoms with Crippen LogP contribution in [0.3, 0.4) is 0 Å². The van der Waals surface area contributed by atoms with Gasteiger partial charge in [-0.3, -0.25) is 4.79 Å². The number of thiophene rings is 1. The summed E-state index contributed by atoms with van der Waals surface area (Å²) in [6.07, 6.45) is 4.51. The average Bonchev–Trinajstić information content (AvgIpc) is 3.24. The summed E-state index contributed by atoms with van der Waals surface area (Å²) in [5.74, 6) is 2.83. The van der Waals surface area contributed by atoms with Gasteiger partial charge in [-0.25, -0.2) is 0 Å². The topological polar surface area (TPSA) is 60.2 Å². The Hall–Kier alpha value is -2.67. The van der Waals surface area contributed by atoms with Crippen LogP contribution in [0.25, 0.3) is 10.4 Å². The maximum absolute atomic E-state index is 13.1. The molecule has 0 unspecified atom stereocenters. The third-order valence-electron chi connectivity index (χ3n) is 5.45. The maximum Gasteiger partial charge on any atom is 0.264 e. The fraction of sp³-hybridized carbons (Fsp3) is 0.381. The van der Waals surface area contributed by atoms with Gasteiger partial charge >= 0.3 is 0 Å². The molecule has 6 nitrogen and oxygen atoms in total. The summed E-state index contributed by atoms with van der Waals surface area (Å²) < 4.78 is 8.02. The van der Waals surface area contributed by atoms with Gasteiger partial charge in [0.05, 0.1) is 11.4 Å². The average molecular weight is 395 g/mol. The van der Waals surface area contributed by atoms with Crippen molar-refractivity contribution in [3.8, 4) is 16.2 Å². The molecule has 0 saturated carbocycles. The van der Waals surface area contributed by atoms with Crippen LogP contribution in [-0.2, 0) is 26.1 Å². The summed E-state index contributed by atoms with van der Waals surface area (Å²) in [7, 11) is 1.84. The van der Waals surface area contributed by atoms with Crippen molar-refractivity contribution in [1.29, 1.82) is 0 Å². The van der Waals surface area contributed by atoms with Gasteiger partial charge in [0.2, 0.25) is 0 Å². The number of aromatic nitrogens is 3. The Morgan fingerprint density at radius 3 is 3.07 bits per heavy atom. The lowest BCUT2D eigenvalue weighted by atomic mass is 10.1. The molecule has 0 saturated heterocycles. The van der Waals surface area contributed by atoms with Crippen molar-refractivity contribution in [2.24, 2.45) is 0 Å². The van der Waals surface area contributed by atoms with Gasteiger partial charge in [-0.05, 0) is 31.0 Å². The lowest BCUT2D eigenvalue weighted by Crippen LogP contribution is -2.27. The van der Waals surface area contributed by atoms with Crippen molar-refractivity contribution in [2.45, 2.75) is 45.4 Å². The summed E-state index contributed by atoms with van der Waals surface area (Å²) in [5.41, 5.74) is 2.15. The molecule has 28 heavy (non-hydrogen) atoms. The predicted octanol–water partition coefficient (Wildman–Crippen LogP) is 3.90. The van der Waals surface area contributed by atoms with Gasteiger partial charge in [-0.1, -0.05) is 18.6 Å². The fourth-order valence-electron chi connectivity index (χ4n) is 3.94. The lowest BCUT2D eigenvalue weighted by Gasteiger charge is -2.16. The lowest BCUT2D eigenvalue weighted by molar-refractivity contribution is 0.0784. The SMILES string of the molecule is CN(Cc1nnc2n1CCCCC2)C(=O)c1cc2c(s1)-c1ccccc1OC2. The predicted molar refractivity (Wildman–Crippen MR) is 107 cm³/mol. The van der Waals surface area contributed by atoms with E-state index in [2.05, 4.69) is 14.8 Å². The van der Waals surface area contributed by atoms with E-state index in [-0.39, 0.29) is 5.91 Å². The first-order valence-corrected chi connectivity index (χ1v) is 10.5. The highest BCUT2D eigenvalue weighted by atomic mass is 32.1. The normalized spacial score (nSPS) is 15.0. The van der Waals surface area contributed by atoms with Gasteiger partial charge in [-0.2, -0.15) is 0 Å². The molecule has 2 aliphatic heterocycles. The zero-order valence-electron chi connectivity index (χ0n) is 15.9. The highest BCUT2D eigenvalue weighted by Gasteiger charge is 2.25. The van der Waals surface area contributed by atoms with E-state index in [1.165, 1.54) is 6.42 Å². The summed E-state index contributed by atoms with van der Waals surface area (Å²) in [4.78, 5) is 16.7. The number of ether oxygens (including phenoxy) is 1. The molecule has 0 atom stereocenters. The van der Waals surface area contributed by atoms with Crippen LogP contribution in [0, 0.1) is 0 Å². The van der Waals surface area contributed by atoms with Crippen molar-refractivity contribution in [3.63, 3.8) is 0 Å². The standard InChI is InChI=1S/C21H22N4O2S/c1-24(12-19-23-22-18-9-3-2-6-10-25(18)19)21(26)17-11-14-13-27-16-8-5-4-7-15(16)20(14)28-17/h4-5,7-8,11H,2-3,6,9-10,12-13H2,1H3. The molecule has 0 bridgehead atoms. The third-order valence-corrected chi connectivity index (χ3v) is 6.64. The molecular weight excluding hydrogens is 372 g/mol. The number of carbonyl (C=O) groups excluding carboxylic acids is 1. The van der Waals surface area contributed by atoms with Gasteiger partial charge in [-0.15, -0.1) is 21.5 Å². The Morgan fingerprint density at radius 2 is 2.14 bits per heavy atom. The number of carbonyl (C=O) groups is 1. The largest absolute Gasteiger partial charge is 0.488 e. The first kappa shape index (κ1) is 17.4. The van der Waals surface area contributed by atoms with Gasteiger partial charge in [0, 0.05) is 36.0 Å². The molecule has 5 rings (SSSR count). The van der Waals surface area contributed by atoms with E-state index in [1.807, 2.05) is 37.4 Å². The number of hydrogen-bond acceptors (Lipinski definition) is 5. The number of aryl methyl sites for hydroxylation is 1. The zero-order valence-corrected chi connectivity index (χ0v) is 16.7. The Kier molecular flexibility index (Phi) is 4.39. The zero-order chi connectivity index (χ0) is 19.1. The van der Waals surface area contributed by atoms with Gasteiger partial charge in [0.15, 0.2) is 5.82 Å². The Labute approximate surface area is 167 Å². The van der Waals surface area contributed by atoms with Crippen LogP contribution in [0.4, 0.5) is 0 Å². The number of amides is 1. The van der Waals surface area contributed by atoms with Crippen molar-refractivity contribution in [3.05, 3.63) is 52.4 Å². The first-order chi connectivity index (χ1) is 13.7. The van der Waals surface area contributed by atoms with E-state index in [0.717, 1.165) is 64.1 Å². The van der Waals surface area contributed by atoms with Crippen LogP contribution in [0.2, 0.25) is 0 Å². The van der Waals surface area contributed by atoms with E-state index in [1.54, 1.807) is 16.2 Å². The molecule has 144 valence electrons. The van der Waals surface area contributed by atoms with Crippen LogP contribution in [0.15, 0.2) is 30.3 Å². The number of fused-ring (bicyclic) bond motifs is 4. The minimum Gasteiger partial charge on any atom is -0.488 e. The fourth-order valence-corrected chi connectivity index (χ4v) is 5.13. The monoisotopic (exact) mass is 394 g/mol. The first-order valence-electron chi connectivity index (χ1n) is 9.72. The maximum atomic E-state index is 13.1. The Balaban J connectivity index is 1.38. The molecule has 0 fully saturated rings. The molecule has 3 aromatic rings. The van der Waals surface area contributed by atoms with Crippen LogP contribution in [0.1, 0.15) is 46.1 Å². The molecule has 1 aromatic carbocycles. The molecule has 0 spiro atoms. The van der Waals surface area contributed by atoms with Gasteiger partial charge < -0.3 is 14.2 Å². The summed E-state index contributed by atoms with van der Waals surface area (Å²) in [6.45, 7) is 1.93. The molecule has 4 heterocycles. The minimum absolute atomic E-state index is 0.0165. The second kappa shape index (κ2) is 7.05. The molecule has 1 amide bonds. The second-order valence-corrected chi connectivity index (χ2v) is 8.46. The van der Waals surface area contributed by atoms with E-state index in [9.17, 15) is 4.79 Å². The number of nitrogens with zero attached hydrogens (tertiary/aromatic N) is 4. The molecule has 2 aromatic heterocycles. The highest BCUT2D eigenvalue weighted by Crippen LogP contribution is 2.42. The second-order valence-electron chi connectivity index (χ2n) is 7.41. The van der Waals surface area contributed by atoms with Gasteiger partial charge in [0.25, 0.3) is 5.91 Å². The van der Waals surface area contributed by atoms with Crippen molar-refractivity contribution in [2.75, 3.05) is 7.05 Å². The smallest absolute Gasteiger partial charge is 0.264 e. The molecule has 0 aliphatic carbocycles. The number of hydrogen-bond donors (Lipinski definition) is 0. The Morgan fingerprint density at radius 1 is 1.25 bits per heavy atom.